The number of rotatable bonds is 7. The first-order valence-electron chi connectivity index (χ1n) is 11.3. The van der Waals surface area contributed by atoms with Crippen LogP contribution in [0.1, 0.15) is 91.9 Å². The number of nitrogens with zero attached hydrogens (tertiary/aromatic N) is 1. The van der Waals surface area contributed by atoms with E-state index in [1.807, 2.05) is 0 Å². The van der Waals surface area contributed by atoms with E-state index in [1.165, 1.54) is 58.0 Å². The lowest BCUT2D eigenvalue weighted by Gasteiger charge is -2.37. The second kappa shape index (κ2) is 7.43. The topological polar surface area (TPSA) is 3.24 Å². The van der Waals surface area contributed by atoms with Gasteiger partial charge in [-0.05, 0) is 41.6 Å². The van der Waals surface area contributed by atoms with Gasteiger partial charge in [0.15, 0.2) is 0 Å². The number of likely N-dealkylation sites (tertiary alicyclic amines) is 1. The van der Waals surface area contributed by atoms with E-state index in [-0.39, 0.29) is 0 Å². The Balaban J connectivity index is 1.40. The molecule has 0 radical (unpaired) electrons. The minimum atomic E-state index is 0.607. The van der Waals surface area contributed by atoms with E-state index in [2.05, 4.69) is 60.4 Å². The highest BCUT2D eigenvalue weighted by Gasteiger charge is 2.51. The van der Waals surface area contributed by atoms with E-state index in [1.54, 1.807) is 22.3 Å². The van der Waals surface area contributed by atoms with Gasteiger partial charge in [0.05, 0.1) is 0 Å². The summed E-state index contributed by atoms with van der Waals surface area (Å²) in [6.07, 6.45) is 9.72. The molecule has 142 valence electrons. The SMILES string of the molecule is CCCCCCCCN1CC2c3ccccc3C3CC1C2c1ccccc13. The molecule has 1 nitrogen and oxygen atoms in total. The zero-order valence-corrected chi connectivity index (χ0v) is 16.7. The Morgan fingerprint density at radius 2 is 1.41 bits per heavy atom. The van der Waals surface area contributed by atoms with E-state index >= 15 is 0 Å². The van der Waals surface area contributed by atoms with E-state index in [4.69, 9.17) is 0 Å². The summed E-state index contributed by atoms with van der Waals surface area (Å²) in [7, 11) is 0. The van der Waals surface area contributed by atoms with Gasteiger partial charge in [-0.1, -0.05) is 87.6 Å². The third-order valence-corrected chi connectivity index (χ3v) is 7.53. The molecular weight excluding hydrogens is 326 g/mol. The summed E-state index contributed by atoms with van der Waals surface area (Å²) in [6, 6.07) is 19.5. The largest absolute Gasteiger partial charge is 0.299 e. The number of unbranched alkanes of at least 4 members (excludes halogenated alkanes) is 5. The van der Waals surface area contributed by atoms with Gasteiger partial charge in [0.1, 0.15) is 0 Å². The van der Waals surface area contributed by atoms with Crippen molar-refractivity contribution >= 4 is 0 Å². The van der Waals surface area contributed by atoms with Gasteiger partial charge < -0.3 is 0 Å². The highest BCUT2D eigenvalue weighted by atomic mass is 15.2. The van der Waals surface area contributed by atoms with Gasteiger partial charge >= 0.3 is 0 Å². The Morgan fingerprint density at radius 1 is 0.778 bits per heavy atom. The van der Waals surface area contributed by atoms with Crippen LogP contribution in [-0.2, 0) is 0 Å². The van der Waals surface area contributed by atoms with Crippen LogP contribution in [0.4, 0.5) is 0 Å². The molecule has 27 heavy (non-hydrogen) atoms. The van der Waals surface area contributed by atoms with Gasteiger partial charge in [0, 0.05) is 30.3 Å². The molecule has 0 N–H and O–H groups in total. The summed E-state index contributed by atoms with van der Waals surface area (Å²) in [4.78, 5) is 2.87. The van der Waals surface area contributed by atoms with Crippen LogP contribution in [0.15, 0.2) is 48.5 Å². The zero-order chi connectivity index (χ0) is 18.2. The standard InChI is InChI=1S/C26H33N/c1-2-3-4-5-6-11-16-27-18-24-20-13-8-7-12-19(20)23-17-25(27)26(24)22-15-10-9-14-21(22)23/h7-10,12-15,23-26H,2-6,11,16-18H2,1H3. The molecular formula is C26H33N. The Morgan fingerprint density at radius 3 is 2.19 bits per heavy atom. The Bertz CT molecular complexity index is 788. The van der Waals surface area contributed by atoms with Gasteiger partial charge in [-0.2, -0.15) is 0 Å². The summed E-state index contributed by atoms with van der Waals surface area (Å²) in [5.41, 5.74) is 6.55. The summed E-state index contributed by atoms with van der Waals surface area (Å²) < 4.78 is 0. The van der Waals surface area contributed by atoms with Crippen LogP contribution < -0.4 is 0 Å². The Hall–Kier alpha value is -1.60. The first-order chi connectivity index (χ1) is 13.4. The molecule has 1 saturated heterocycles. The van der Waals surface area contributed by atoms with Crippen molar-refractivity contribution in [2.24, 2.45) is 0 Å². The lowest BCUT2D eigenvalue weighted by Crippen LogP contribution is -2.37. The van der Waals surface area contributed by atoms with E-state index in [0.29, 0.717) is 17.8 Å². The highest BCUT2D eigenvalue weighted by molar-refractivity contribution is 5.53. The molecule has 4 atom stereocenters. The lowest BCUT2D eigenvalue weighted by molar-refractivity contribution is 0.214. The molecule has 5 rings (SSSR count). The highest BCUT2D eigenvalue weighted by Crippen LogP contribution is 2.58. The molecule has 3 aliphatic rings. The number of benzene rings is 2. The van der Waals surface area contributed by atoms with Crippen LogP contribution in [0.3, 0.4) is 0 Å². The van der Waals surface area contributed by atoms with Crippen molar-refractivity contribution in [3.8, 4) is 0 Å². The molecule has 2 aliphatic carbocycles. The Kier molecular flexibility index (Phi) is 4.82. The monoisotopic (exact) mass is 359 g/mol. The van der Waals surface area contributed by atoms with Gasteiger partial charge in [0.2, 0.25) is 0 Å². The van der Waals surface area contributed by atoms with Crippen LogP contribution >= 0.6 is 0 Å². The van der Waals surface area contributed by atoms with Crippen molar-refractivity contribution in [1.82, 2.24) is 4.90 Å². The number of hydrogen-bond donors (Lipinski definition) is 0. The smallest absolute Gasteiger partial charge is 0.0180 e. The number of fused-ring (bicyclic) bond motifs is 3. The van der Waals surface area contributed by atoms with Crippen LogP contribution in [-0.4, -0.2) is 24.0 Å². The summed E-state index contributed by atoms with van der Waals surface area (Å²) >= 11 is 0. The molecule has 1 heterocycles. The molecule has 1 heteroatoms. The minimum Gasteiger partial charge on any atom is -0.299 e. The van der Waals surface area contributed by atoms with E-state index < -0.39 is 0 Å². The van der Waals surface area contributed by atoms with Crippen molar-refractivity contribution in [3.63, 3.8) is 0 Å². The zero-order valence-electron chi connectivity index (χ0n) is 16.7. The molecule has 2 aromatic rings. The summed E-state index contributed by atoms with van der Waals surface area (Å²) in [5.74, 6) is 2.01. The first-order valence-corrected chi connectivity index (χ1v) is 11.3. The van der Waals surface area contributed by atoms with Gasteiger partial charge in [-0.3, -0.25) is 4.90 Å². The quantitative estimate of drug-likeness (QED) is 0.514. The minimum absolute atomic E-state index is 0.607. The fraction of sp³-hybridized carbons (Fsp3) is 0.538. The maximum absolute atomic E-state index is 2.87. The third-order valence-electron chi connectivity index (χ3n) is 7.53. The van der Waals surface area contributed by atoms with Crippen molar-refractivity contribution in [1.29, 1.82) is 0 Å². The van der Waals surface area contributed by atoms with Crippen molar-refractivity contribution < 1.29 is 0 Å². The van der Waals surface area contributed by atoms with Gasteiger partial charge in [-0.15, -0.1) is 0 Å². The van der Waals surface area contributed by atoms with Crippen LogP contribution in [0.2, 0.25) is 0 Å². The van der Waals surface area contributed by atoms with Crippen molar-refractivity contribution in [3.05, 3.63) is 70.8 Å². The van der Waals surface area contributed by atoms with Crippen molar-refractivity contribution in [2.75, 3.05) is 13.1 Å². The molecule has 0 aromatic heterocycles. The fourth-order valence-corrected chi connectivity index (χ4v) is 6.32. The van der Waals surface area contributed by atoms with Crippen LogP contribution in [0.25, 0.3) is 0 Å². The average molecular weight is 360 g/mol. The normalized spacial score (nSPS) is 28.0. The molecule has 2 aromatic carbocycles. The van der Waals surface area contributed by atoms with Crippen molar-refractivity contribution in [2.45, 2.75) is 75.7 Å². The molecule has 0 saturated carbocycles. The maximum atomic E-state index is 2.87. The first kappa shape index (κ1) is 17.5. The van der Waals surface area contributed by atoms with Gasteiger partial charge in [0.25, 0.3) is 0 Å². The maximum Gasteiger partial charge on any atom is 0.0180 e. The predicted molar refractivity (Wildman–Crippen MR) is 114 cm³/mol. The van der Waals surface area contributed by atoms with E-state index in [0.717, 1.165) is 6.04 Å². The summed E-state index contributed by atoms with van der Waals surface area (Å²) in [5, 5.41) is 0. The second-order valence-corrected chi connectivity index (χ2v) is 9.01. The van der Waals surface area contributed by atoms with E-state index in [9.17, 15) is 0 Å². The lowest BCUT2D eigenvalue weighted by atomic mass is 9.73. The predicted octanol–water partition coefficient (Wildman–Crippen LogP) is 6.45. The van der Waals surface area contributed by atoms with Gasteiger partial charge in [-0.25, -0.2) is 0 Å². The second-order valence-electron chi connectivity index (χ2n) is 9.01. The molecule has 2 bridgehead atoms. The average Bonchev–Trinajstić information content (AvgIpc) is 2.96. The molecule has 1 fully saturated rings. The molecule has 0 spiro atoms. The van der Waals surface area contributed by atoms with Crippen LogP contribution in [0, 0.1) is 0 Å². The van der Waals surface area contributed by atoms with Crippen LogP contribution in [0.5, 0.6) is 0 Å². The third kappa shape index (κ3) is 2.95. The molecule has 0 amide bonds. The number of hydrogen-bond acceptors (Lipinski definition) is 1. The Labute approximate surface area is 164 Å². The molecule has 1 aliphatic heterocycles. The molecule has 4 unspecified atom stereocenters. The fourth-order valence-electron chi connectivity index (χ4n) is 6.32. The summed E-state index contributed by atoms with van der Waals surface area (Å²) in [6.45, 7) is 4.88.